The molecule has 3 atom stereocenters. The van der Waals surface area contributed by atoms with Gasteiger partial charge in [0.25, 0.3) is 0 Å². The van der Waals surface area contributed by atoms with Gasteiger partial charge in [-0.3, -0.25) is 4.79 Å². The topological polar surface area (TPSA) is 61.2 Å². The Kier molecular flexibility index (Phi) is 4.12. The SMILES string of the molecule is N=C1C(C(=O)O)C=C2c3c(-c4ccccc4)ccc(-c4ccccc4)c3C3=CC=CC1C32. The Bertz CT molecular complexity index is 1360. The van der Waals surface area contributed by atoms with E-state index in [9.17, 15) is 9.90 Å². The molecule has 3 aliphatic carbocycles. The lowest BCUT2D eigenvalue weighted by molar-refractivity contribution is -0.138. The minimum atomic E-state index is -0.959. The highest BCUT2D eigenvalue weighted by atomic mass is 16.4. The van der Waals surface area contributed by atoms with Crippen molar-refractivity contribution in [2.75, 3.05) is 0 Å². The van der Waals surface area contributed by atoms with Gasteiger partial charge in [-0.1, -0.05) is 97.1 Å². The van der Waals surface area contributed by atoms with Crippen LogP contribution in [0.1, 0.15) is 11.1 Å². The predicted molar refractivity (Wildman–Crippen MR) is 128 cm³/mol. The molecule has 0 saturated carbocycles. The first-order valence-corrected chi connectivity index (χ1v) is 10.8. The monoisotopic (exact) mass is 415 g/mol. The van der Waals surface area contributed by atoms with E-state index >= 15 is 0 Å². The van der Waals surface area contributed by atoms with Crippen LogP contribution in [0.5, 0.6) is 0 Å². The van der Waals surface area contributed by atoms with Crippen LogP contribution in [0.15, 0.2) is 97.1 Å². The van der Waals surface area contributed by atoms with Gasteiger partial charge in [-0.15, -0.1) is 0 Å². The summed E-state index contributed by atoms with van der Waals surface area (Å²) < 4.78 is 0. The van der Waals surface area contributed by atoms with Gasteiger partial charge in [0.15, 0.2) is 0 Å². The Morgan fingerprint density at radius 1 is 0.781 bits per heavy atom. The fourth-order valence-electron chi connectivity index (χ4n) is 5.51. The lowest BCUT2D eigenvalue weighted by atomic mass is 9.70. The molecule has 0 amide bonds. The molecule has 3 nitrogen and oxygen atoms in total. The molecule has 154 valence electrons. The molecule has 0 spiro atoms. The third-order valence-corrected chi connectivity index (χ3v) is 6.88. The molecule has 0 bridgehead atoms. The molecule has 3 aliphatic rings. The Morgan fingerprint density at radius 3 is 1.91 bits per heavy atom. The van der Waals surface area contributed by atoms with Crippen LogP contribution in [0.4, 0.5) is 0 Å². The van der Waals surface area contributed by atoms with Crippen LogP contribution in [0.3, 0.4) is 0 Å². The highest BCUT2D eigenvalue weighted by Crippen LogP contribution is 2.58. The Labute approximate surface area is 186 Å². The fraction of sp³-hybridized carbons (Fsp3) is 0.103. The number of carboxylic acid groups (broad SMARTS) is 1. The van der Waals surface area contributed by atoms with E-state index in [2.05, 4.69) is 42.5 Å². The molecule has 3 heteroatoms. The Hall–Kier alpha value is -3.98. The van der Waals surface area contributed by atoms with Gasteiger partial charge in [0, 0.05) is 17.5 Å². The number of carbonyl (C=O) groups is 1. The van der Waals surface area contributed by atoms with Crippen molar-refractivity contribution in [2.45, 2.75) is 0 Å². The van der Waals surface area contributed by atoms with Crippen molar-refractivity contribution in [3.8, 4) is 22.3 Å². The smallest absolute Gasteiger partial charge is 0.316 e. The molecule has 6 rings (SSSR count). The molecule has 0 aromatic heterocycles. The summed E-state index contributed by atoms with van der Waals surface area (Å²) in [5, 5.41) is 18.5. The number of hydrogen-bond donors (Lipinski definition) is 2. The van der Waals surface area contributed by atoms with E-state index in [-0.39, 0.29) is 17.5 Å². The maximum atomic E-state index is 12.0. The molecule has 2 N–H and O–H groups in total. The number of nitrogens with one attached hydrogen (secondary N) is 1. The maximum Gasteiger partial charge on any atom is 0.316 e. The van der Waals surface area contributed by atoms with E-state index in [0.717, 1.165) is 33.4 Å². The quantitative estimate of drug-likeness (QED) is 0.524. The number of rotatable bonds is 3. The zero-order valence-electron chi connectivity index (χ0n) is 17.3. The number of allylic oxidation sites excluding steroid dienone is 5. The van der Waals surface area contributed by atoms with Crippen molar-refractivity contribution >= 4 is 22.8 Å². The summed E-state index contributed by atoms with van der Waals surface area (Å²) in [5.41, 5.74) is 9.28. The van der Waals surface area contributed by atoms with Gasteiger partial charge in [0.2, 0.25) is 0 Å². The van der Waals surface area contributed by atoms with Crippen molar-refractivity contribution < 1.29 is 9.90 Å². The van der Waals surface area contributed by atoms with Crippen LogP contribution >= 0.6 is 0 Å². The summed E-state index contributed by atoms with van der Waals surface area (Å²) in [6.07, 6.45) is 7.96. The van der Waals surface area contributed by atoms with Crippen LogP contribution in [-0.2, 0) is 4.79 Å². The van der Waals surface area contributed by atoms with Crippen molar-refractivity contribution in [3.05, 3.63) is 108 Å². The van der Waals surface area contributed by atoms with E-state index in [1.54, 1.807) is 0 Å². The molecule has 3 aromatic carbocycles. The zero-order chi connectivity index (χ0) is 21.8. The number of carboxylic acids is 1. The summed E-state index contributed by atoms with van der Waals surface area (Å²) in [6.45, 7) is 0. The van der Waals surface area contributed by atoms with Crippen LogP contribution in [0.25, 0.3) is 33.4 Å². The summed E-state index contributed by atoms with van der Waals surface area (Å²) in [5.74, 6) is -2.09. The second-order valence-electron chi connectivity index (χ2n) is 8.55. The van der Waals surface area contributed by atoms with Gasteiger partial charge >= 0.3 is 5.97 Å². The fourth-order valence-corrected chi connectivity index (χ4v) is 5.51. The normalized spacial score (nSPS) is 22.6. The number of benzene rings is 3. The van der Waals surface area contributed by atoms with E-state index in [4.69, 9.17) is 5.41 Å². The number of hydrogen-bond acceptors (Lipinski definition) is 2. The average molecular weight is 415 g/mol. The maximum absolute atomic E-state index is 12.0. The summed E-state index contributed by atoms with van der Waals surface area (Å²) >= 11 is 0. The lowest BCUT2D eigenvalue weighted by Crippen LogP contribution is -2.35. The average Bonchev–Trinajstić information content (AvgIpc) is 3.17. The van der Waals surface area contributed by atoms with Gasteiger partial charge in [-0.05, 0) is 44.5 Å². The third kappa shape index (κ3) is 2.61. The molecule has 32 heavy (non-hydrogen) atoms. The van der Waals surface area contributed by atoms with Gasteiger partial charge in [-0.2, -0.15) is 0 Å². The molecule has 0 aliphatic heterocycles. The highest BCUT2D eigenvalue weighted by Gasteiger charge is 2.47. The van der Waals surface area contributed by atoms with E-state index < -0.39 is 11.9 Å². The van der Waals surface area contributed by atoms with Gasteiger partial charge in [0.05, 0.1) is 0 Å². The van der Waals surface area contributed by atoms with Crippen LogP contribution in [-0.4, -0.2) is 16.8 Å². The Morgan fingerprint density at radius 2 is 1.34 bits per heavy atom. The molecular weight excluding hydrogens is 394 g/mol. The highest BCUT2D eigenvalue weighted by molar-refractivity contribution is 6.15. The Balaban J connectivity index is 1.71. The van der Waals surface area contributed by atoms with Gasteiger partial charge < -0.3 is 10.5 Å². The minimum Gasteiger partial charge on any atom is -0.481 e. The molecule has 0 saturated heterocycles. The lowest BCUT2D eigenvalue weighted by Gasteiger charge is -2.33. The van der Waals surface area contributed by atoms with Gasteiger partial charge in [-0.25, -0.2) is 0 Å². The summed E-state index contributed by atoms with van der Waals surface area (Å²) in [6, 6.07) is 25.0. The minimum absolute atomic E-state index is 0.00887. The first-order chi connectivity index (χ1) is 15.6. The van der Waals surface area contributed by atoms with Crippen molar-refractivity contribution in [3.63, 3.8) is 0 Å². The molecule has 3 aromatic rings. The molecule has 0 fully saturated rings. The van der Waals surface area contributed by atoms with Crippen molar-refractivity contribution in [1.82, 2.24) is 0 Å². The first-order valence-electron chi connectivity index (χ1n) is 10.8. The molecular formula is C29H21NO2. The van der Waals surface area contributed by atoms with Gasteiger partial charge in [0.1, 0.15) is 5.92 Å². The van der Waals surface area contributed by atoms with E-state index in [1.807, 2.05) is 54.6 Å². The zero-order valence-corrected chi connectivity index (χ0v) is 17.3. The van der Waals surface area contributed by atoms with Crippen molar-refractivity contribution in [2.24, 2.45) is 17.8 Å². The van der Waals surface area contributed by atoms with Crippen molar-refractivity contribution in [1.29, 1.82) is 5.41 Å². The first kappa shape index (κ1) is 18.8. The second-order valence-corrected chi connectivity index (χ2v) is 8.55. The summed E-state index contributed by atoms with van der Waals surface area (Å²) in [7, 11) is 0. The second kappa shape index (κ2) is 7.03. The van der Waals surface area contributed by atoms with Crippen LogP contribution < -0.4 is 0 Å². The standard InChI is InChI=1S/C29H21NO2/c30-28-22-13-7-12-21-25(22)23(16-24(28)29(31)32)27-20(18-10-5-2-6-11-18)15-14-19(26(21)27)17-8-3-1-4-9-17/h1-16,22,24-25,30H,(H,31,32). The predicted octanol–water partition coefficient (Wildman–Crippen LogP) is 6.34. The number of fused-ring (bicyclic) bond motifs is 3. The largest absolute Gasteiger partial charge is 0.481 e. The van der Waals surface area contributed by atoms with E-state index in [1.165, 1.54) is 11.1 Å². The number of aliphatic carboxylic acids is 1. The summed E-state index contributed by atoms with van der Waals surface area (Å²) in [4.78, 5) is 12.0. The molecule has 0 heterocycles. The third-order valence-electron chi connectivity index (χ3n) is 6.88. The van der Waals surface area contributed by atoms with E-state index in [0.29, 0.717) is 0 Å². The molecule has 3 unspecified atom stereocenters. The van der Waals surface area contributed by atoms with Crippen LogP contribution in [0, 0.1) is 23.2 Å². The molecule has 0 radical (unpaired) electrons. The van der Waals surface area contributed by atoms with Crippen LogP contribution in [0.2, 0.25) is 0 Å².